The molecule has 2 aliphatic heterocycles. The van der Waals surface area contributed by atoms with Gasteiger partial charge in [0.15, 0.2) is 21.5 Å². The van der Waals surface area contributed by atoms with Crippen LogP contribution in [0, 0.1) is 0 Å². The summed E-state index contributed by atoms with van der Waals surface area (Å²) in [5.41, 5.74) is 1.85. The van der Waals surface area contributed by atoms with Gasteiger partial charge >= 0.3 is 0 Å². The number of hydrogen-bond acceptors (Lipinski definition) is 7. The lowest BCUT2D eigenvalue weighted by molar-refractivity contribution is -0.140. The van der Waals surface area contributed by atoms with Crippen molar-refractivity contribution in [1.29, 1.82) is 0 Å². The molecule has 226 valence electrons. The molecule has 0 radical (unpaired) electrons. The molecule has 4 aromatic rings. The third kappa shape index (κ3) is 5.98. The van der Waals surface area contributed by atoms with Gasteiger partial charge in [-0.15, -0.1) is 0 Å². The lowest BCUT2D eigenvalue weighted by Gasteiger charge is -2.32. The Morgan fingerprint density at radius 1 is 0.909 bits per heavy atom. The van der Waals surface area contributed by atoms with Crippen molar-refractivity contribution in [3.63, 3.8) is 0 Å². The monoisotopic (exact) mass is 610 g/mol. The predicted octanol–water partition coefficient (Wildman–Crippen LogP) is 5.11. The maximum Gasteiger partial charge on any atom is 0.255 e. The summed E-state index contributed by atoms with van der Waals surface area (Å²) in [7, 11) is -3.72. The second kappa shape index (κ2) is 12.6. The van der Waals surface area contributed by atoms with Crippen LogP contribution in [0.5, 0.6) is 5.75 Å². The molecule has 2 heterocycles. The molecule has 0 saturated heterocycles. The maximum absolute atomic E-state index is 14.8. The van der Waals surface area contributed by atoms with Gasteiger partial charge in [-0.2, -0.15) is 0 Å². The van der Waals surface area contributed by atoms with Crippen molar-refractivity contribution in [2.75, 3.05) is 19.0 Å². The second-order valence-electron chi connectivity index (χ2n) is 11.0. The molecule has 0 saturated carbocycles. The Balaban J connectivity index is 1.42. The fraction of sp³-hybridized carbons (Fsp3) is 0.257. The number of hydrogen-bond donors (Lipinski definition) is 1. The second-order valence-corrected chi connectivity index (χ2v) is 13.1. The molecule has 0 aromatic heterocycles. The van der Waals surface area contributed by atoms with Crippen molar-refractivity contribution in [3.8, 4) is 5.75 Å². The largest absolute Gasteiger partial charge is 0.494 e. The van der Waals surface area contributed by atoms with Crippen LogP contribution in [0.1, 0.15) is 41.2 Å². The van der Waals surface area contributed by atoms with Crippen molar-refractivity contribution < 1.29 is 27.8 Å². The standard InChI is InChI=1S/C35H34N2O6S/c38-21-9-22-42-29-18-16-27(17-19-29)33-36-35(20-23-44(40,41)30-13-5-2-6-14-30)32(43-33)31-15-8-7-12-28(31)25-37(34(35)39)24-26-10-3-1-4-11-26/h1-8,10-19,32,38H,9,20-25H2/t32-,35-/m0/s1. The molecule has 4 aromatic carbocycles. The highest BCUT2D eigenvalue weighted by Gasteiger charge is 2.57. The van der Waals surface area contributed by atoms with Crippen molar-refractivity contribution >= 4 is 21.6 Å². The molecule has 0 aliphatic carbocycles. The lowest BCUT2D eigenvalue weighted by Crippen LogP contribution is -2.49. The van der Waals surface area contributed by atoms with Gasteiger partial charge in [0.25, 0.3) is 5.91 Å². The summed E-state index contributed by atoms with van der Waals surface area (Å²) < 4.78 is 39.3. The van der Waals surface area contributed by atoms with Gasteiger partial charge in [-0.05, 0) is 47.5 Å². The van der Waals surface area contributed by atoms with Crippen LogP contribution in [0.15, 0.2) is 119 Å². The number of rotatable bonds is 11. The van der Waals surface area contributed by atoms with Crippen LogP contribution >= 0.6 is 0 Å². The van der Waals surface area contributed by atoms with Crippen LogP contribution in [0.25, 0.3) is 0 Å². The molecule has 0 unspecified atom stereocenters. The first-order chi connectivity index (χ1) is 21.4. The average molecular weight is 611 g/mol. The molecular weight excluding hydrogens is 576 g/mol. The average Bonchev–Trinajstić information content (AvgIpc) is 3.42. The Labute approximate surface area is 257 Å². The summed E-state index contributed by atoms with van der Waals surface area (Å²) in [6.07, 6.45) is -0.346. The van der Waals surface area contributed by atoms with E-state index in [1.165, 1.54) is 0 Å². The lowest BCUT2D eigenvalue weighted by atomic mass is 9.84. The Bertz CT molecular complexity index is 1740. The number of fused-ring (bicyclic) bond motifs is 3. The molecule has 0 fully saturated rings. The number of benzene rings is 4. The fourth-order valence-corrected chi connectivity index (χ4v) is 7.17. The van der Waals surface area contributed by atoms with Crippen LogP contribution in [-0.4, -0.2) is 54.7 Å². The van der Waals surface area contributed by atoms with E-state index in [-0.39, 0.29) is 35.5 Å². The molecule has 44 heavy (non-hydrogen) atoms. The van der Waals surface area contributed by atoms with E-state index in [9.17, 15) is 13.2 Å². The number of aliphatic hydroxyl groups excluding tert-OH is 1. The van der Waals surface area contributed by atoms with E-state index in [0.29, 0.717) is 37.4 Å². The zero-order chi connectivity index (χ0) is 30.6. The molecule has 9 heteroatoms. The minimum Gasteiger partial charge on any atom is -0.494 e. The molecule has 2 aliphatic rings. The maximum atomic E-state index is 14.8. The molecule has 0 spiro atoms. The minimum atomic E-state index is -3.72. The van der Waals surface area contributed by atoms with Crippen LogP contribution in [-0.2, 0) is 32.5 Å². The Morgan fingerprint density at radius 3 is 2.32 bits per heavy atom. The Hall–Kier alpha value is -4.47. The number of sulfone groups is 1. The first-order valence-electron chi connectivity index (χ1n) is 14.7. The minimum absolute atomic E-state index is 0.0446. The first-order valence-corrected chi connectivity index (χ1v) is 16.3. The molecule has 2 atom stereocenters. The van der Waals surface area contributed by atoms with Gasteiger partial charge in [0, 0.05) is 43.7 Å². The van der Waals surface area contributed by atoms with Gasteiger partial charge < -0.3 is 19.5 Å². The molecular formula is C35H34N2O6S. The Morgan fingerprint density at radius 2 is 1.59 bits per heavy atom. The van der Waals surface area contributed by atoms with Gasteiger partial charge in [0.1, 0.15) is 5.75 Å². The van der Waals surface area contributed by atoms with E-state index in [1.807, 2.05) is 66.7 Å². The summed E-state index contributed by atoms with van der Waals surface area (Å²) in [5.74, 6) is 0.357. The van der Waals surface area contributed by atoms with E-state index >= 15 is 0 Å². The summed E-state index contributed by atoms with van der Waals surface area (Å²) in [6.45, 7) is 1.13. The highest BCUT2D eigenvalue weighted by atomic mass is 32.2. The normalized spacial score (nSPS) is 19.4. The van der Waals surface area contributed by atoms with Crippen molar-refractivity contribution in [3.05, 3.63) is 131 Å². The zero-order valence-corrected chi connectivity index (χ0v) is 25.0. The van der Waals surface area contributed by atoms with Crippen LogP contribution in [0.2, 0.25) is 0 Å². The molecule has 8 nitrogen and oxygen atoms in total. The summed E-state index contributed by atoms with van der Waals surface area (Å²) in [5, 5.41) is 9.05. The summed E-state index contributed by atoms with van der Waals surface area (Å²) in [6, 6.07) is 33.0. The number of amides is 1. The van der Waals surface area contributed by atoms with Gasteiger partial charge in [-0.1, -0.05) is 72.8 Å². The SMILES string of the molecule is O=C1N(Cc2ccccc2)Cc2ccccc2[C@@H]2OC(c3ccc(OCCCO)cc3)=N[C@]12CCS(=O)(=O)c1ccccc1. The quantitative estimate of drug-likeness (QED) is 0.237. The third-order valence-electron chi connectivity index (χ3n) is 8.06. The predicted molar refractivity (Wildman–Crippen MR) is 167 cm³/mol. The topological polar surface area (TPSA) is 106 Å². The number of nitrogens with zero attached hydrogens (tertiary/aromatic N) is 2. The highest BCUT2D eigenvalue weighted by Crippen LogP contribution is 2.47. The number of carbonyl (C=O) groups is 1. The number of carbonyl (C=O) groups excluding carboxylic acids is 1. The van der Waals surface area contributed by atoms with Crippen molar-refractivity contribution in [2.24, 2.45) is 4.99 Å². The van der Waals surface area contributed by atoms with Crippen LogP contribution in [0.4, 0.5) is 0 Å². The van der Waals surface area contributed by atoms with E-state index in [1.54, 1.807) is 47.4 Å². The summed E-state index contributed by atoms with van der Waals surface area (Å²) >= 11 is 0. The van der Waals surface area contributed by atoms with Crippen molar-refractivity contribution in [2.45, 2.75) is 42.5 Å². The van der Waals surface area contributed by atoms with E-state index in [2.05, 4.69) is 0 Å². The van der Waals surface area contributed by atoms with E-state index in [0.717, 1.165) is 16.7 Å². The number of ether oxygens (including phenoxy) is 2. The van der Waals surface area contributed by atoms with Gasteiger partial charge in [0.2, 0.25) is 5.90 Å². The molecule has 6 rings (SSSR count). The first kappa shape index (κ1) is 29.6. The highest BCUT2D eigenvalue weighted by molar-refractivity contribution is 7.91. The summed E-state index contributed by atoms with van der Waals surface area (Å²) in [4.78, 5) is 21.7. The van der Waals surface area contributed by atoms with Gasteiger partial charge in [-0.3, -0.25) is 4.79 Å². The van der Waals surface area contributed by atoms with Crippen LogP contribution < -0.4 is 4.74 Å². The number of aliphatic hydroxyl groups is 1. The van der Waals surface area contributed by atoms with Gasteiger partial charge in [-0.25, -0.2) is 13.4 Å². The molecule has 0 bridgehead atoms. The van der Waals surface area contributed by atoms with E-state index < -0.39 is 21.5 Å². The number of aliphatic imine (C=N–C) groups is 1. The van der Waals surface area contributed by atoms with E-state index in [4.69, 9.17) is 19.6 Å². The molecule has 1 N–H and O–H groups in total. The fourth-order valence-electron chi connectivity index (χ4n) is 5.78. The van der Waals surface area contributed by atoms with Crippen LogP contribution in [0.3, 0.4) is 0 Å². The molecule has 1 amide bonds. The Kier molecular flexibility index (Phi) is 8.50. The van der Waals surface area contributed by atoms with Gasteiger partial charge in [0.05, 0.1) is 17.3 Å². The smallest absolute Gasteiger partial charge is 0.255 e. The third-order valence-corrected chi connectivity index (χ3v) is 9.80. The zero-order valence-electron chi connectivity index (χ0n) is 24.2. The van der Waals surface area contributed by atoms with Crippen molar-refractivity contribution in [1.82, 2.24) is 4.90 Å².